The molecule has 0 spiro atoms. The standard InChI is InChI=1S/C24H22N4O2/c1-16-12-19(21-7-3-4-10-25-21)13-17(2)24(16)30-15-23(29)28-27-14-18-6-5-8-22-20(18)9-11-26-22/h3-14,26H,15H2,1-2H3,(H,28,29)/b27-14+. The van der Waals surface area contributed by atoms with Crippen LogP contribution in [0.15, 0.2) is 72.1 Å². The first-order chi connectivity index (χ1) is 14.6. The summed E-state index contributed by atoms with van der Waals surface area (Å²) in [5.41, 5.74) is 8.29. The predicted octanol–water partition coefficient (Wildman–Crippen LogP) is 4.38. The van der Waals surface area contributed by atoms with Gasteiger partial charge in [0, 0.05) is 34.4 Å². The van der Waals surface area contributed by atoms with E-state index in [9.17, 15) is 4.79 Å². The van der Waals surface area contributed by atoms with Crippen LogP contribution < -0.4 is 10.2 Å². The lowest BCUT2D eigenvalue weighted by Crippen LogP contribution is -2.25. The van der Waals surface area contributed by atoms with Gasteiger partial charge in [-0.25, -0.2) is 5.43 Å². The number of hydrogen-bond acceptors (Lipinski definition) is 4. The van der Waals surface area contributed by atoms with Gasteiger partial charge in [-0.15, -0.1) is 0 Å². The van der Waals surface area contributed by atoms with Gasteiger partial charge in [0.25, 0.3) is 5.91 Å². The number of ether oxygens (including phenoxy) is 1. The van der Waals surface area contributed by atoms with E-state index in [1.807, 2.05) is 74.6 Å². The van der Waals surface area contributed by atoms with E-state index in [1.165, 1.54) is 0 Å². The fraction of sp³-hybridized carbons (Fsp3) is 0.125. The van der Waals surface area contributed by atoms with Crippen molar-refractivity contribution >= 4 is 23.0 Å². The van der Waals surface area contributed by atoms with Gasteiger partial charge in [0.05, 0.1) is 11.9 Å². The van der Waals surface area contributed by atoms with E-state index in [0.717, 1.165) is 38.9 Å². The molecule has 2 N–H and O–H groups in total. The molecule has 0 aliphatic heterocycles. The number of rotatable bonds is 6. The summed E-state index contributed by atoms with van der Waals surface area (Å²) in [6.45, 7) is 3.81. The number of hydrogen-bond donors (Lipinski definition) is 2. The summed E-state index contributed by atoms with van der Waals surface area (Å²) in [5, 5.41) is 5.10. The van der Waals surface area contributed by atoms with Crippen molar-refractivity contribution in [3.05, 3.63) is 83.7 Å². The molecule has 0 unspecified atom stereocenters. The fourth-order valence-corrected chi connectivity index (χ4v) is 3.43. The van der Waals surface area contributed by atoms with Crippen molar-refractivity contribution in [2.45, 2.75) is 13.8 Å². The lowest BCUT2D eigenvalue weighted by Gasteiger charge is -2.13. The van der Waals surface area contributed by atoms with Crippen LogP contribution in [-0.2, 0) is 4.79 Å². The van der Waals surface area contributed by atoms with Crippen molar-refractivity contribution < 1.29 is 9.53 Å². The Labute approximate surface area is 174 Å². The van der Waals surface area contributed by atoms with Gasteiger partial charge in [0.15, 0.2) is 6.61 Å². The van der Waals surface area contributed by atoms with Gasteiger partial charge in [-0.05, 0) is 61.4 Å². The molecule has 1 amide bonds. The number of amides is 1. The molecule has 6 heteroatoms. The smallest absolute Gasteiger partial charge is 0.277 e. The average Bonchev–Trinajstić information content (AvgIpc) is 3.23. The summed E-state index contributed by atoms with van der Waals surface area (Å²) in [4.78, 5) is 19.7. The van der Waals surface area contributed by atoms with Gasteiger partial charge >= 0.3 is 0 Å². The molecule has 0 saturated carbocycles. The number of H-pyrrole nitrogens is 1. The van der Waals surface area contributed by atoms with Crippen molar-refractivity contribution in [2.24, 2.45) is 5.10 Å². The van der Waals surface area contributed by atoms with Gasteiger partial charge in [-0.3, -0.25) is 9.78 Å². The van der Waals surface area contributed by atoms with Crippen LogP contribution in [0.2, 0.25) is 0 Å². The second-order valence-electron chi connectivity index (χ2n) is 7.02. The summed E-state index contributed by atoms with van der Waals surface area (Å²) >= 11 is 0. The van der Waals surface area contributed by atoms with Crippen LogP contribution in [0.3, 0.4) is 0 Å². The molecule has 150 valence electrons. The van der Waals surface area contributed by atoms with Gasteiger partial charge < -0.3 is 9.72 Å². The van der Waals surface area contributed by atoms with Crippen LogP contribution in [0.1, 0.15) is 16.7 Å². The molecule has 0 aliphatic rings. The summed E-state index contributed by atoms with van der Waals surface area (Å²) in [6, 6.07) is 17.7. The topological polar surface area (TPSA) is 79.4 Å². The Morgan fingerprint density at radius 1 is 1.13 bits per heavy atom. The highest BCUT2D eigenvalue weighted by Gasteiger charge is 2.10. The van der Waals surface area contributed by atoms with Gasteiger partial charge in [0.2, 0.25) is 0 Å². The molecular formula is C24H22N4O2. The molecule has 2 aromatic carbocycles. The highest BCUT2D eigenvalue weighted by Crippen LogP contribution is 2.29. The number of hydrazone groups is 1. The molecule has 4 aromatic rings. The highest BCUT2D eigenvalue weighted by atomic mass is 16.5. The first-order valence-corrected chi connectivity index (χ1v) is 9.65. The summed E-state index contributed by atoms with van der Waals surface area (Å²) in [7, 11) is 0. The number of carbonyl (C=O) groups excluding carboxylic acids is 1. The zero-order valence-corrected chi connectivity index (χ0v) is 16.8. The Bertz CT molecular complexity index is 1190. The number of aryl methyl sites for hydroxylation is 2. The zero-order chi connectivity index (χ0) is 20.9. The quantitative estimate of drug-likeness (QED) is 0.374. The lowest BCUT2D eigenvalue weighted by atomic mass is 10.0. The van der Waals surface area contributed by atoms with E-state index in [0.29, 0.717) is 5.75 Å². The Morgan fingerprint density at radius 3 is 2.73 bits per heavy atom. The van der Waals surface area contributed by atoms with Crippen LogP contribution in [0, 0.1) is 13.8 Å². The van der Waals surface area contributed by atoms with Crippen LogP contribution in [-0.4, -0.2) is 28.7 Å². The molecule has 0 radical (unpaired) electrons. The summed E-state index contributed by atoms with van der Waals surface area (Å²) in [5.74, 6) is 0.381. The second-order valence-corrected chi connectivity index (χ2v) is 7.02. The Balaban J connectivity index is 1.38. The number of benzene rings is 2. The molecule has 30 heavy (non-hydrogen) atoms. The number of pyridine rings is 1. The number of aromatic nitrogens is 2. The zero-order valence-electron chi connectivity index (χ0n) is 16.8. The van der Waals surface area contributed by atoms with Crippen molar-refractivity contribution in [2.75, 3.05) is 6.61 Å². The minimum absolute atomic E-state index is 0.115. The molecule has 0 aliphatic carbocycles. The maximum absolute atomic E-state index is 12.2. The minimum atomic E-state index is -0.319. The van der Waals surface area contributed by atoms with Crippen LogP contribution in [0.5, 0.6) is 5.75 Å². The normalized spacial score (nSPS) is 11.1. The Morgan fingerprint density at radius 2 is 1.97 bits per heavy atom. The highest BCUT2D eigenvalue weighted by molar-refractivity contribution is 5.98. The molecule has 0 atom stereocenters. The molecule has 0 saturated heterocycles. The largest absolute Gasteiger partial charge is 0.483 e. The average molecular weight is 398 g/mol. The second kappa shape index (κ2) is 8.61. The van der Waals surface area contributed by atoms with Gasteiger partial charge in [0.1, 0.15) is 5.75 Å². The van der Waals surface area contributed by atoms with E-state index in [-0.39, 0.29) is 12.5 Å². The number of carbonyl (C=O) groups is 1. The SMILES string of the molecule is Cc1cc(-c2ccccn2)cc(C)c1OCC(=O)N/N=C/c1cccc2[nH]ccc12. The van der Waals surface area contributed by atoms with Crippen LogP contribution in [0.25, 0.3) is 22.2 Å². The molecule has 2 heterocycles. The van der Waals surface area contributed by atoms with Crippen molar-refractivity contribution in [3.63, 3.8) is 0 Å². The van der Waals surface area contributed by atoms with Crippen molar-refractivity contribution in [3.8, 4) is 17.0 Å². The van der Waals surface area contributed by atoms with Gasteiger partial charge in [-0.1, -0.05) is 18.2 Å². The first kappa shape index (κ1) is 19.4. The lowest BCUT2D eigenvalue weighted by molar-refractivity contribution is -0.123. The molecule has 2 aromatic heterocycles. The third-order valence-corrected chi connectivity index (χ3v) is 4.79. The third kappa shape index (κ3) is 4.22. The Kier molecular flexibility index (Phi) is 5.57. The molecule has 0 bridgehead atoms. The molecule has 4 rings (SSSR count). The maximum Gasteiger partial charge on any atom is 0.277 e. The van der Waals surface area contributed by atoms with E-state index >= 15 is 0 Å². The van der Waals surface area contributed by atoms with Gasteiger partial charge in [-0.2, -0.15) is 5.10 Å². The van der Waals surface area contributed by atoms with Crippen LogP contribution >= 0.6 is 0 Å². The predicted molar refractivity (Wildman–Crippen MR) is 119 cm³/mol. The number of fused-ring (bicyclic) bond motifs is 1. The molecule has 6 nitrogen and oxygen atoms in total. The molecular weight excluding hydrogens is 376 g/mol. The summed E-state index contributed by atoms with van der Waals surface area (Å²) in [6.07, 6.45) is 5.27. The Hall–Kier alpha value is -3.93. The number of nitrogens with one attached hydrogen (secondary N) is 2. The molecule has 0 fully saturated rings. The number of nitrogens with zero attached hydrogens (tertiary/aromatic N) is 2. The van der Waals surface area contributed by atoms with Crippen LogP contribution in [0.4, 0.5) is 0 Å². The van der Waals surface area contributed by atoms with E-state index in [4.69, 9.17) is 4.74 Å². The monoisotopic (exact) mass is 398 g/mol. The van der Waals surface area contributed by atoms with Crippen molar-refractivity contribution in [1.82, 2.24) is 15.4 Å². The minimum Gasteiger partial charge on any atom is -0.483 e. The number of aromatic amines is 1. The maximum atomic E-state index is 12.2. The summed E-state index contributed by atoms with van der Waals surface area (Å²) < 4.78 is 5.77. The fourth-order valence-electron chi connectivity index (χ4n) is 3.43. The van der Waals surface area contributed by atoms with E-state index in [1.54, 1.807) is 12.4 Å². The van der Waals surface area contributed by atoms with E-state index < -0.39 is 0 Å². The van der Waals surface area contributed by atoms with E-state index in [2.05, 4.69) is 20.5 Å². The third-order valence-electron chi connectivity index (χ3n) is 4.79. The van der Waals surface area contributed by atoms with Crippen molar-refractivity contribution in [1.29, 1.82) is 0 Å². The first-order valence-electron chi connectivity index (χ1n) is 9.65.